The normalized spacial score (nSPS) is 30.2. The van der Waals surface area contributed by atoms with Crippen LogP contribution in [0.15, 0.2) is 0 Å². The minimum Gasteiger partial charge on any atom is -0.379 e. The lowest BCUT2D eigenvalue weighted by atomic mass is 10.2. The van der Waals surface area contributed by atoms with E-state index in [-0.39, 0.29) is 0 Å². The zero-order chi connectivity index (χ0) is 10.7. The van der Waals surface area contributed by atoms with E-state index in [0.29, 0.717) is 6.04 Å². The van der Waals surface area contributed by atoms with Gasteiger partial charge in [0.2, 0.25) is 0 Å². The smallest absolute Gasteiger partial charge is 0.0594 e. The van der Waals surface area contributed by atoms with Crippen LogP contribution < -0.4 is 0 Å². The number of ether oxygens (including phenoxy) is 1. The lowest BCUT2D eigenvalue weighted by Crippen LogP contribution is -2.46. The molecule has 0 aromatic rings. The summed E-state index contributed by atoms with van der Waals surface area (Å²) >= 11 is 0. The summed E-state index contributed by atoms with van der Waals surface area (Å²) in [4.78, 5) is 5.23. The largest absolute Gasteiger partial charge is 0.379 e. The van der Waals surface area contributed by atoms with Gasteiger partial charge in [-0.1, -0.05) is 0 Å². The van der Waals surface area contributed by atoms with Gasteiger partial charge in [0.25, 0.3) is 0 Å². The van der Waals surface area contributed by atoms with Gasteiger partial charge in [0.1, 0.15) is 0 Å². The summed E-state index contributed by atoms with van der Waals surface area (Å²) in [6.07, 6.45) is 2.77. The van der Waals surface area contributed by atoms with Gasteiger partial charge < -0.3 is 4.74 Å². The predicted molar refractivity (Wildman–Crippen MR) is 62.1 cm³/mol. The molecule has 0 N–H and O–H groups in total. The highest BCUT2D eigenvalue weighted by atomic mass is 16.5. The molecule has 0 aromatic carbocycles. The fraction of sp³-hybridized carbons (Fsp3) is 1.00. The first-order valence-electron chi connectivity index (χ1n) is 6.33. The average molecular weight is 212 g/mol. The van der Waals surface area contributed by atoms with Crippen LogP contribution in [0.1, 0.15) is 26.7 Å². The minimum atomic E-state index is 0.707. The van der Waals surface area contributed by atoms with Crippen molar-refractivity contribution in [2.24, 2.45) is 0 Å². The van der Waals surface area contributed by atoms with E-state index < -0.39 is 0 Å². The number of morpholine rings is 1. The Labute approximate surface area is 93.4 Å². The Kier molecular flexibility index (Phi) is 4.00. The van der Waals surface area contributed by atoms with E-state index in [1.54, 1.807) is 0 Å². The molecule has 2 heterocycles. The molecule has 2 saturated heterocycles. The first-order chi connectivity index (χ1) is 7.27. The van der Waals surface area contributed by atoms with Crippen molar-refractivity contribution in [3.8, 4) is 0 Å². The molecule has 0 aromatic heterocycles. The molecule has 0 unspecified atom stereocenters. The van der Waals surface area contributed by atoms with E-state index >= 15 is 0 Å². The van der Waals surface area contributed by atoms with Crippen LogP contribution in [0.2, 0.25) is 0 Å². The van der Waals surface area contributed by atoms with Crippen molar-refractivity contribution < 1.29 is 4.74 Å². The molecule has 0 amide bonds. The van der Waals surface area contributed by atoms with Crippen LogP contribution in [0.5, 0.6) is 0 Å². The molecule has 0 spiro atoms. The summed E-state index contributed by atoms with van der Waals surface area (Å²) < 4.78 is 5.38. The quantitative estimate of drug-likeness (QED) is 0.699. The van der Waals surface area contributed by atoms with Crippen molar-refractivity contribution in [1.29, 1.82) is 0 Å². The zero-order valence-corrected chi connectivity index (χ0v) is 10.1. The summed E-state index contributed by atoms with van der Waals surface area (Å²) in [5.41, 5.74) is 0. The van der Waals surface area contributed by atoms with Gasteiger partial charge in [0.05, 0.1) is 13.2 Å². The monoisotopic (exact) mass is 212 g/mol. The van der Waals surface area contributed by atoms with Crippen LogP contribution >= 0.6 is 0 Å². The molecule has 88 valence electrons. The average Bonchev–Trinajstić information content (AvgIpc) is 2.67. The minimum absolute atomic E-state index is 0.707. The van der Waals surface area contributed by atoms with Crippen molar-refractivity contribution in [1.82, 2.24) is 9.80 Å². The van der Waals surface area contributed by atoms with Crippen molar-refractivity contribution >= 4 is 0 Å². The Hall–Kier alpha value is -0.120. The maximum absolute atomic E-state index is 5.38. The second-order valence-electron chi connectivity index (χ2n) is 5.04. The molecular weight excluding hydrogens is 188 g/mol. The summed E-state index contributed by atoms with van der Waals surface area (Å²) in [7, 11) is 0. The Morgan fingerprint density at radius 3 is 2.60 bits per heavy atom. The Morgan fingerprint density at radius 1 is 1.20 bits per heavy atom. The molecule has 3 heteroatoms. The first kappa shape index (κ1) is 11.4. The highest BCUT2D eigenvalue weighted by Crippen LogP contribution is 2.21. The zero-order valence-electron chi connectivity index (χ0n) is 10.1. The van der Waals surface area contributed by atoms with Crippen molar-refractivity contribution in [3.05, 3.63) is 0 Å². The fourth-order valence-corrected chi connectivity index (χ4v) is 2.82. The van der Waals surface area contributed by atoms with Crippen LogP contribution in [-0.2, 0) is 4.74 Å². The third-order valence-electron chi connectivity index (χ3n) is 3.66. The highest BCUT2D eigenvalue weighted by molar-refractivity contribution is 4.84. The molecule has 2 aliphatic heterocycles. The molecule has 15 heavy (non-hydrogen) atoms. The second-order valence-corrected chi connectivity index (χ2v) is 5.04. The third-order valence-corrected chi connectivity index (χ3v) is 3.66. The summed E-state index contributed by atoms with van der Waals surface area (Å²) in [5.74, 6) is 0. The molecule has 2 aliphatic rings. The maximum Gasteiger partial charge on any atom is 0.0594 e. The number of hydrogen-bond acceptors (Lipinski definition) is 3. The highest BCUT2D eigenvalue weighted by Gasteiger charge is 2.28. The Morgan fingerprint density at radius 2 is 1.93 bits per heavy atom. The first-order valence-corrected chi connectivity index (χ1v) is 6.33. The second kappa shape index (κ2) is 5.28. The van der Waals surface area contributed by atoms with E-state index in [4.69, 9.17) is 4.74 Å². The third kappa shape index (κ3) is 2.92. The van der Waals surface area contributed by atoms with Gasteiger partial charge in [-0.05, 0) is 33.2 Å². The molecule has 2 fully saturated rings. The Bertz CT molecular complexity index is 190. The molecule has 0 bridgehead atoms. The molecule has 0 saturated carbocycles. The summed E-state index contributed by atoms with van der Waals surface area (Å²) in [6, 6.07) is 1.50. The number of likely N-dealkylation sites (tertiary alicyclic amines) is 1. The lowest BCUT2D eigenvalue weighted by molar-refractivity contribution is 0.0243. The van der Waals surface area contributed by atoms with Crippen molar-refractivity contribution in [2.75, 3.05) is 39.4 Å². The van der Waals surface area contributed by atoms with Gasteiger partial charge in [0.15, 0.2) is 0 Å². The maximum atomic E-state index is 5.38. The molecule has 1 atom stereocenters. The molecular formula is C12H24N2O. The topological polar surface area (TPSA) is 15.7 Å². The molecule has 3 nitrogen and oxygen atoms in total. The van der Waals surface area contributed by atoms with Crippen molar-refractivity contribution in [3.63, 3.8) is 0 Å². The van der Waals surface area contributed by atoms with E-state index in [9.17, 15) is 0 Å². The lowest BCUT2D eigenvalue weighted by Gasteiger charge is -2.34. The van der Waals surface area contributed by atoms with Gasteiger partial charge in [-0.25, -0.2) is 0 Å². The molecule has 0 radical (unpaired) electrons. The van der Waals surface area contributed by atoms with E-state index in [1.165, 1.54) is 25.9 Å². The van der Waals surface area contributed by atoms with Gasteiger partial charge in [0, 0.05) is 31.7 Å². The van der Waals surface area contributed by atoms with Crippen LogP contribution in [0.25, 0.3) is 0 Å². The van der Waals surface area contributed by atoms with Crippen LogP contribution in [0.4, 0.5) is 0 Å². The van der Waals surface area contributed by atoms with Crippen LogP contribution in [0.3, 0.4) is 0 Å². The predicted octanol–water partition coefficient (Wildman–Crippen LogP) is 1.19. The molecule has 0 aliphatic carbocycles. The van der Waals surface area contributed by atoms with Crippen molar-refractivity contribution in [2.45, 2.75) is 38.8 Å². The number of nitrogens with zero attached hydrogens (tertiary/aromatic N) is 2. The number of hydrogen-bond donors (Lipinski definition) is 0. The van der Waals surface area contributed by atoms with Gasteiger partial charge in [-0.15, -0.1) is 0 Å². The van der Waals surface area contributed by atoms with Gasteiger partial charge in [-0.3, -0.25) is 9.80 Å². The van der Waals surface area contributed by atoms with E-state index in [0.717, 1.165) is 32.3 Å². The number of rotatable bonds is 3. The summed E-state index contributed by atoms with van der Waals surface area (Å²) in [5, 5.41) is 0. The Balaban J connectivity index is 1.81. The van der Waals surface area contributed by atoms with E-state index in [2.05, 4.69) is 23.6 Å². The standard InChI is InChI=1S/C12H24N2O/c1-11(2)14-5-3-4-12(14)10-13-6-8-15-9-7-13/h11-12H,3-10H2,1-2H3/t12-/m1/s1. The van der Waals surface area contributed by atoms with Gasteiger partial charge >= 0.3 is 0 Å². The van der Waals surface area contributed by atoms with Gasteiger partial charge in [-0.2, -0.15) is 0 Å². The van der Waals surface area contributed by atoms with Crippen LogP contribution in [0, 0.1) is 0 Å². The van der Waals surface area contributed by atoms with Crippen LogP contribution in [-0.4, -0.2) is 61.3 Å². The van der Waals surface area contributed by atoms with E-state index in [1.807, 2.05) is 0 Å². The SMILES string of the molecule is CC(C)N1CCC[C@@H]1CN1CCOCC1. The summed E-state index contributed by atoms with van der Waals surface area (Å²) in [6.45, 7) is 11.3. The fourth-order valence-electron chi connectivity index (χ4n) is 2.82. The molecule has 2 rings (SSSR count).